The molecule has 0 spiro atoms. The zero-order chi connectivity index (χ0) is 10.0. The Kier molecular flexibility index (Phi) is 3.03. The molecule has 4 heteroatoms. The summed E-state index contributed by atoms with van der Waals surface area (Å²) in [5, 5.41) is 0. The second kappa shape index (κ2) is 3.87. The van der Waals surface area contributed by atoms with Crippen molar-refractivity contribution in [3.05, 3.63) is 27.5 Å². The number of hydrogen-bond donors (Lipinski definition) is 0. The molecule has 0 amide bonds. The molecule has 0 aromatic heterocycles. The van der Waals surface area contributed by atoms with Gasteiger partial charge in [-0.3, -0.25) is 4.79 Å². The molecule has 0 bridgehead atoms. The molecule has 1 rings (SSSR count). The second-order valence-corrected chi connectivity index (χ2v) is 3.39. The summed E-state index contributed by atoms with van der Waals surface area (Å²) in [5.41, 5.74) is 0.365. The molecule has 0 saturated carbocycles. The van der Waals surface area contributed by atoms with Crippen molar-refractivity contribution in [1.29, 1.82) is 0 Å². The summed E-state index contributed by atoms with van der Waals surface area (Å²) < 4.78 is 18.8. The lowest BCUT2D eigenvalue weighted by Crippen LogP contribution is -1.97. The van der Waals surface area contributed by atoms with Crippen LogP contribution in [0, 0.1) is 12.7 Å². The second-order valence-electron chi connectivity index (χ2n) is 2.54. The summed E-state index contributed by atoms with van der Waals surface area (Å²) >= 11 is 3.18. The van der Waals surface area contributed by atoms with E-state index in [9.17, 15) is 9.18 Å². The van der Waals surface area contributed by atoms with Gasteiger partial charge in [0.1, 0.15) is 11.6 Å². The Morgan fingerprint density at radius 1 is 1.62 bits per heavy atom. The number of carbonyl (C=O) groups is 1. The average Bonchev–Trinajstić information content (AvgIpc) is 2.12. The number of aldehydes is 1. The molecule has 1 aromatic carbocycles. The van der Waals surface area contributed by atoms with Gasteiger partial charge in [0, 0.05) is 5.56 Å². The lowest BCUT2D eigenvalue weighted by Gasteiger charge is -2.08. The number of halogens is 2. The fourth-order valence-corrected chi connectivity index (χ4v) is 1.80. The highest BCUT2D eigenvalue weighted by molar-refractivity contribution is 9.10. The summed E-state index contributed by atoms with van der Waals surface area (Å²) in [5.74, 6) is -0.113. The molecule has 0 aliphatic rings. The maximum absolute atomic E-state index is 13.3. The van der Waals surface area contributed by atoms with Crippen LogP contribution in [0.1, 0.15) is 15.9 Å². The first-order valence-electron chi connectivity index (χ1n) is 3.59. The van der Waals surface area contributed by atoms with E-state index in [0.717, 1.165) is 0 Å². The van der Waals surface area contributed by atoms with E-state index in [-0.39, 0.29) is 5.56 Å². The van der Waals surface area contributed by atoms with Crippen LogP contribution < -0.4 is 4.74 Å². The standard InChI is InChI=1S/C9H8BrFO2/c1-5-8(11)6(4-12)3-7(10)9(5)13-2/h3-4H,1-2H3. The van der Waals surface area contributed by atoms with Gasteiger partial charge in [0.25, 0.3) is 0 Å². The molecule has 0 radical (unpaired) electrons. The normalized spacial score (nSPS) is 9.85. The number of carbonyl (C=O) groups excluding carboxylic acids is 1. The third kappa shape index (κ3) is 1.72. The molecular weight excluding hydrogens is 239 g/mol. The molecule has 0 heterocycles. The van der Waals surface area contributed by atoms with Gasteiger partial charge in [-0.05, 0) is 28.9 Å². The van der Waals surface area contributed by atoms with Crippen molar-refractivity contribution in [1.82, 2.24) is 0 Å². The molecular formula is C9H8BrFO2. The highest BCUT2D eigenvalue weighted by atomic mass is 79.9. The van der Waals surface area contributed by atoms with Crippen LogP contribution in [0.2, 0.25) is 0 Å². The molecule has 2 nitrogen and oxygen atoms in total. The molecule has 13 heavy (non-hydrogen) atoms. The Labute approximate surface area is 83.8 Å². The third-order valence-corrected chi connectivity index (χ3v) is 2.34. The number of rotatable bonds is 2. The van der Waals surface area contributed by atoms with E-state index in [1.807, 2.05) is 0 Å². The number of methoxy groups -OCH3 is 1. The van der Waals surface area contributed by atoms with Crippen molar-refractivity contribution in [3.63, 3.8) is 0 Å². The molecule has 0 unspecified atom stereocenters. The Morgan fingerprint density at radius 2 is 2.23 bits per heavy atom. The Morgan fingerprint density at radius 3 is 2.69 bits per heavy atom. The van der Waals surface area contributed by atoms with Crippen molar-refractivity contribution in [2.24, 2.45) is 0 Å². The van der Waals surface area contributed by atoms with Crippen molar-refractivity contribution >= 4 is 22.2 Å². The van der Waals surface area contributed by atoms with Gasteiger partial charge in [-0.1, -0.05) is 0 Å². The van der Waals surface area contributed by atoms with Crippen LogP contribution in [0.4, 0.5) is 4.39 Å². The number of ether oxygens (including phenoxy) is 1. The minimum absolute atomic E-state index is 0.0326. The fraction of sp³-hybridized carbons (Fsp3) is 0.222. The van der Waals surface area contributed by atoms with Crippen molar-refractivity contribution in [2.45, 2.75) is 6.92 Å². The van der Waals surface area contributed by atoms with Crippen molar-refractivity contribution in [3.8, 4) is 5.75 Å². The van der Waals surface area contributed by atoms with E-state index in [4.69, 9.17) is 4.74 Å². The number of hydrogen-bond acceptors (Lipinski definition) is 2. The molecule has 0 N–H and O–H groups in total. The van der Waals surface area contributed by atoms with Crippen LogP contribution in [0.15, 0.2) is 10.5 Å². The van der Waals surface area contributed by atoms with E-state index in [0.29, 0.717) is 22.1 Å². The Bertz CT molecular complexity index is 350. The predicted molar refractivity (Wildman–Crippen MR) is 50.8 cm³/mol. The minimum Gasteiger partial charge on any atom is -0.495 e. The van der Waals surface area contributed by atoms with E-state index in [2.05, 4.69) is 15.9 Å². The lowest BCUT2D eigenvalue weighted by atomic mass is 10.1. The highest BCUT2D eigenvalue weighted by Crippen LogP contribution is 2.31. The molecule has 70 valence electrons. The molecule has 0 fully saturated rings. The Hall–Kier alpha value is -0.900. The van der Waals surface area contributed by atoms with Gasteiger partial charge in [0.15, 0.2) is 6.29 Å². The summed E-state index contributed by atoms with van der Waals surface area (Å²) in [7, 11) is 1.45. The average molecular weight is 247 g/mol. The van der Waals surface area contributed by atoms with E-state index >= 15 is 0 Å². The van der Waals surface area contributed by atoms with Crippen LogP contribution in [-0.4, -0.2) is 13.4 Å². The van der Waals surface area contributed by atoms with Gasteiger partial charge < -0.3 is 4.74 Å². The molecule has 0 aliphatic carbocycles. The summed E-state index contributed by atoms with van der Waals surface area (Å²) in [6, 6.07) is 1.40. The summed E-state index contributed by atoms with van der Waals surface area (Å²) in [6.07, 6.45) is 0.479. The summed E-state index contributed by atoms with van der Waals surface area (Å²) in [4.78, 5) is 10.4. The minimum atomic E-state index is -0.532. The van der Waals surface area contributed by atoms with Gasteiger partial charge in [0.05, 0.1) is 17.1 Å². The zero-order valence-corrected chi connectivity index (χ0v) is 8.81. The van der Waals surface area contributed by atoms with Crippen LogP contribution in [0.3, 0.4) is 0 Å². The van der Waals surface area contributed by atoms with E-state index < -0.39 is 5.82 Å². The van der Waals surface area contributed by atoms with Crippen LogP contribution in [-0.2, 0) is 0 Å². The van der Waals surface area contributed by atoms with Gasteiger partial charge in [-0.2, -0.15) is 0 Å². The lowest BCUT2D eigenvalue weighted by molar-refractivity contribution is 0.111. The molecule has 0 saturated heterocycles. The predicted octanol–water partition coefficient (Wildman–Crippen LogP) is 2.72. The largest absolute Gasteiger partial charge is 0.495 e. The van der Waals surface area contributed by atoms with Crippen LogP contribution >= 0.6 is 15.9 Å². The molecule has 0 aliphatic heterocycles. The van der Waals surface area contributed by atoms with Crippen molar-refractivity contribution in [2.75, 3.05) is 7.11 Å². The van der Waals surface area contributed by atoms with Gasteiger partial charge >= 0.3 is 0 Å². The maximum Gasteiger partial charge on any atom is 0.153 e. The first-order chi connectivity index (χ1) is 6.11. The summed E-state index contributed by atoms with van der Waals surface area (Å²) in [6.45, 7) is 1.56. The molecule has 0 atom stereocenters. The topological polar surface area (TPSA) is 26.3 Å². The van der Waals surface area contributed by atoms with Crippen LogP contribution in [0.25, 0.3) is 0 Å². The molecule has 1 aromatic rings. The van der Waals surface area contributed by atoms with Crippen LogP contribution in [0.5, 0.6) is 5.75 Å². The first kappa shape index (κ1) is 10.2. The van der Waals surface area contributed by atoms with Gasteiger partial charge in [-0.15, -0.1) is 0 Å². The highest BCUT2D eigenvalue weighted by Gasteiger charge is 2.13. The zero-order valence-electron chi connectivity index (χ0n) is 7.23. The third-order valence-electron chi connectivity index (χ3n) is 1.75. The number of benzene rings is 1. The smallest absolute Gasteiger partial charge is 0.153 e. The SMILES string of the molecule is COc1c(Br)cc(C=O)c(F)c1C. The van der Waals surface area contributed by atoms with Gasteiger partial charge in [0.2, 0.25) is 0 Å². The van der Waals surface area contributed by atoms with E-state index in [1.54, 1.807) is 6.92 Å². The quantitative estimate of drug-likeness (QED) is 0.751. The van der Waals surface area contributed by atoms with E-state index in [1.165, 1.54) is 13.2 Å². The van der Waals surface area contributed by atoms with Crippen molar-refractivity contribution < 1.29 is 13.9 Å². The maximum atomic E-state index is 13.3. The monoisotopic (exact) mass is 246 g/mol. The first-order valence-corrected chi connectivity index (χ1v) is 4.39. The Balaban J connectivity index is 3.45. The van der Waals surface area contributed by atoms with Gasteiger partial charge in [-0.25, -0.2) is 4.39 Å². The fourth-order valence-electron chi connectivity index (χ4n) is 1.10.